The summed E-state index contributed by atoms with van der Waals surface area (Å²) in [7, 11) is 0. The fourth-order valence-corrected chi connectivity index (χ4v) is 3.40. The van der Waals surface area contributed by atoms with Crippen LogP contribution in [-0.4, -0.2) is 11.8 Å². The molecule has 25 heavy (non-hydrogen) atoms. The van der Waals surface area contributed by atoms with Crippen LogP contribution in [0.4, 0.5) is 5.69 Å². The lowest BCUT2D eigenvalue weighted by Gasteiger charge is -2.08. The molecule has 2 amide bonds. The molecule has 3 N–H and O–H groups in total. The molecule has 0 fully saturated rings. The highest BCUT2D eigenvalue weighted by Gasteiger charge is 2.13. The molecule has 0 saturated carbocycles. The van der Waals surface area contributed by atoms with E-state index in [0.717, 1.165) is 16.0 Å². The second kappa shape index (κ2) is 6.91. The largest absolute Gasteiger partial charge is 0.366 e. The number of nitrogens with two attached hydrogens (primary N) is 1. The first-order valence-electron chi connectivity index (χ1n) is 7.83. The van der Waals surface area contributed by atoms with E-state index in [1.807, 2.05) is 44.2 Å². The van der Waals surface area contributed by atoms with E-state index < -0.39 is 5.91 Å². The predicted molar refractivity (Wildman–Crippen MR) is 102 cm³/mol. The molecule has 0 saturated heterocycles. The standard InChI is InChI=1S/C20H18N2O2S/c1-12-4-3-5-14(10-12)17-8-9-18(25-17)20(24)22-16-11-15(19(21)23)7-6-13(16)2/h3-11H,1-2H3,(H2,21,23)(H,22,24). The summed E-state index contributed by atoms with van der Waals surface area (Å²) < 4.78 is 0. The molecule has 0 aliphatic carbocycles. The fourth-order valence-electron chi connectivity index (χ4n) is 2.51. The fraction of sp³-hybridized carbons (Fsp3) is 0.100. The maximum absolute atomic E-state index is 12.5. The Labute approximate surface area is 150 Å². The zero-order chi connectivity index (χ0) is 18.0. The predicted octanol–water partition coefficient (Wildman–Crippen LogP) is 4.38. The molecular weight excluding hydrogens is 332 g/mol. The Kier molecular flexibility index (Phi) is 4.67. The summed E-state index contributed by atoms with van der Waals surface area (Å²) >= 11 is 1.43. The molecule has 0 radical (unpaired) electrons. The molecule has 3 aromatic rings. The smallest absolute Gasteiger partial charge is 0.265 e. The molecule has 0 aliphatic heterocycles. The molecule has 0 unspecified atom stereocenters. The van der Waals surface area contributed by atoms with E-state index in [2.05, 4.69) is 11.4 Å². The third kappa shape index (κ3) is 3.78. The molecule has 0 atom stereocenters. The lowest BCUT2D eigenvalue weighted by Crippen LogP contribution is -2.14. The van der Waals surface area contributed by atoms with Gasteiger partial charge >= 0.3 is 0 Å². The number of rotatable bonds is 4. The van der Waals surface area contributed by atoms with E-state index in [1.54, 1.807) is 18.2 Å². The van der Waals surface area contributed by atoms with Crippen molar-refractivity contribution in [2.45, 2.75) is 13.8 Å². The average Bonchev–Trinajstić information content (AvgIpc) is 3.07. The summed E-state index contributed by atoms with van der Waals surface area (Å²) in [4.78, 5) is 25.5. The summed E-state index contributed by atoms with van der Waals surface area (Å²) in [5, 5.41) is 2.86. The SMILES string of the molecule is Cc1cccc(-c2ccc(C(=O)Nc3cc(C(N)=O)ccc3C)s2)c1. The number of hydrogen-bond donors (Lipinski definition) is 2. The normalized spacial score (nSPS) is 10.5. The number of primary amides is 1. The average molecular weight is 350 g/mol. The monoisotopic (exact) mass is 350 g/mol. The first-order chi connectivity index (χ1) is 11.9. The molecule has 1 aromatic heterocycles. The summed E-state index contributed by atoms with van der Waals surface area (Å²) in [6.45, 7) is 3.91. The quantitative estimate of drug-likeness (QED) is 0.733. The summed E-state index contributed by atoms with van der Waals surface area (Å²) in [5.74, 6) is -0.720. The van der Waals surface area contributed by atoms with Gasteiger partial charge in [-0.15, -0.1) is 11.3 Å². The molecule has 2 aromatic carbocycles. The van der Waals surface area contributed by atoms with E-state index in [1.165, 1.54) is 16.9 Å². The van der Waals surface area contributed by atoms with Crippen molar-refractivity contribution in [3.05, 3.63) is 76.2 Å². The number of aryl methyl sites for hydroxylation is 2. The Morgan fingerprint density at radius 3 is 2.52 bits per heavy atom. The summed E-state index contributed by atoms with van der Waals surface area (Å²) in [5.41, 5.74) is 9.40. The molecule has 3 rings (SSSR count). The van der Waals surface area contributed by atoms with Crippen LogP contribution in [0.2, 0.25) is 0 Å². The van der Waals surface area contributed by atoms with Gasteiger partial charge in [0.1, 0.15) is 0 Å². The van der Waals surface area contributed by atoms with Crippen molar-refractivity contribution in [3.63, 3.8) is 0 Å². The van der Waals surface area contributed by atoms with Gasteiger partial charge in [0.05, 0.1) is 4.88 Å². The van der Waals surface area contributed by atoms with E-state index in [-0.39, 0.29) is 5.91 Å². The van der Waals surface area contributed by atoms with Crippen LogP contribution in [0.1, 0.15) is 31.2 Å². The van der Waals surface area contributed by atoms with Gasteiger partial charge in [0, 0.05) is 16.1 Å². The summed E-state index contributed by atoms with van der Waals surface area (Å²) in [6, 6.07) is 16.9. The van der Waals surface area contributed by atoms with Crippen molar-refractivity contribution in [2.75, 3.05) is 5.32 Å². The van der Waals surface area contributed by atoms with E-state index in [0.29, 0.717) is 16.1 Å². The number of carbonyl (C=O) groups is 2. The van der Waals surface area contributed by atoms with E-state index >= 15 is 0 Å². The first kappa shape index (κ1) is 16.9. The Hall–Kier alpha value is -2.92. The molecule has 126 valence electrons. The number of hydrogen-bond acceptors (Lipinski definition) is 3. The minimum Gasteiger partial charge on any atom is -0.366 e. The lowest BCUT2D eigenvalue weighted by molar-refractivity contribution is 0.0996. The molecule has 0 bridgehead atoms. The third-order valence-electron chi connectivity index (χ3n) is 3.90. The van der Waals surface area contributed by atoms with Gasteiger partial charge in [-0.2, -0.15) is 0 Å². The summed E-state index contributed by atoms with van der Waals surface area (Å²) in [6.07, 6.45) is 0. The number of nitrogens with one attached hydrogen (secondary N) is 1. The molecule has 0 spiro atoms. The molecule has 4 nitrogen and oxygen atoms in total. The van der Waals surface area contributed by atoms with E-state index in [4.69, 9.17) is 5.73 Å². The number of benzene rings is 2. The molecule has 1 heterocycles. The maximum Gasteiger partial charge on any atom is 0.265 e. The van der Waals surface area contributed by atoms with Gasteiger partial charge in [0.2, 0.25) is 5.91 Å². The Bertz CT molecular complexity index is 960. The van der Waals surface area contributed by atoms with Crippen LogP contribution >= 0.6 is 11.3 Å². The minimum absolute atomic E-state index is 0.200. The maximum atomic E-state index is 12.5. The molecule has 0 aliphatic rings. The first-order valence-corrected chi connectivity index (χ1v) is 8.64. The number of anilines is 1. The van der Waals surface area contributed by atoms with E-state index in [9.17, 15) is 9.59 Å². The highest BCUT2D eigenvalue weighted by Crippen LogP contribution is 2.29. The van der Waals surface area contributed by atoms with Gasteiger partial charge in [-0.1, -0.05) is 35.9 Å². The number of amides is 2. The Morgan fingerprint density at radius 1 is 1.00 bits per heavy atom. The second-order valence-corrected chi connectivity index (χ2v) is 6.97. The van der Waals surface area contributed by atoms with Crippen molar-refractivity contribution in [3.8, 4) is 10.4 Å². The van der Waals surface area contributed by atoms with Gasteiger partial charge in [-0.3, -0.25) is 9.59 Å². The van der Waals surface area contributed by atoms with Crippen LogP contribution in [-0.2, 0) is 0 Å². The van der Waals surface area contributed by atoms with Gasteiger partial charge in [0.25, 0.3) is 5.91 Å². The van der Waals surface area contributed by atoms with Crippen LogP contribution in [0.5, 0.6) is 0 Å². The van der Waals surface area contributed by atoms with Crippen LogP contribution in [0.15, 0.2) is 54.6 Å². The Morgan fingerprint density at radius 2 is 1.80 bits per heavy atom. The van der Waals surface area contributed by atoms with Crippen molar-refractivity contribution in [1.82, 2.24) is 0 Å². The second-order valence-electron chi connectivity index (χ2n) is 5.88. The zero-order valence-electron chi connectivity index (χ0n) is 14.0. The van der Waals surface area contributed by atoms with Crippen LogP contribution < -0.4 is 11.1 Å². The van der Waals surface area contributed by atoms with Crippen LogP contribution in [0, 0.1) is 13.8 Å². The highest BCUT2D eigenvalue weighted by molar-refractivity contribution is 7.17. The molecular formula is C20H18N2O2S. The number of carbonyl (C=O) groups excluding carboxylic acids is 2. The van der Waals surface area contributed by atoms with Crippen molar-refractivity contribution in [1.29, 1.82) is 0 Å². The van der Waals surface area contributed by atoms with Gasteiger partial charge in [-0.05, 0) is 49.2 Å². The third-order valence-corrected chi connectivity index (χ3v) is 5.04. The Balaban J connectivity index is 1.83. The van der Waals surface area contributed by atoms with Crippen LogP contribution in [0.25, 0.3) is 10.4 Å². The highest BCUT2D eigenvalue weighted by atomic mass is 32.1. The van der Waals surface area contributed by atoms with Crippen LogP contribution in [0.3, 0.4) is 0 Å². The topological polar surface area (TPSA) is 72.2 Å². The number of thiophene rings is 1. The van der Waals surface area contributed by atoms with Gasteiger partial charge in [-0.25, -0.2) is 0 Å². The minimum atomic E-state index is -0.520. The molecule has 5 heteroatoms. The van der Waals surface area contributed by atoms with Crippen molar-refractivity contribution in [2.24, 2.45) is 5.73 Å². The lowest BCUT2D eigenvalue weighted by atomic mass is 10.1. The van der Waals surface area contributed by atoms with Gasteiger partial charge < -0.3 is 11.1 Å². The van der Waals surface area contributed by atoms with Crippen molar-refractivity contribution < 1.29 is 9.59 Å². The van der Waals surface area contributed by atoms with Crippen molar-refractivity contribution >= 4 is 28.8 Å². The van der Waals surface area contributed by atoms with Gasteiger partial charge in [0.15, 0.2) is 0 Å². The zero-order valence-corrected chi connectivity index (χ0v) is 14.8.